The molecule has 7 heteroatoms. The van der Waals surface area contributed by atoms with Crippen LogP contribution >= 0.6 is 11.6 Å². The Hall–Kier alpha value is -2.62. The van der Waals surface area contributed by atoms with Crippen molar-refractivity contribution in [1.82, 2.24) is 19.4 Å². The number of halogens is 1. The number of hydrogen-bond donors (Lipinski definition) is 0. The summed E-state index contributed by atoms with van der Waals surface area (Å²) in [6.45, 7) is 1.83. The molecule has 0 saturated carbocycles. The molecule has 0 spiro atoms. The molecule has 0 amide bonds. The van der Waals surface area contributed by atoms with Crippen LogP contribution < -0.4 is 4.74 Å². The van der Waals surface area contributed by atoms with Gasteiger partial charge < -0.3 is 14.2 Å². The Bertz CT molecular complexity index is 1040. The van der Waals surface area contributed by atoms with Gasteiger partial charge in [0.05, 0.1) is 23.0 Å². The van der Waals surface area contributed by atoms with Crippen LogP contribution in [0.15, 0.2) is 30.6 Å². The fourth-order valence-electron chi connectivity index (χ4n) is 3.67. The Morgan fingerprint density at radius 1 is 1.36 bits per heavy atom. The van der Waals surface area contributed by atoms with Crippen molar-refractivity contribution in [2.24, 2.45) is 7.05 Å². The van der Waals surface area contributed by atoms with Crippen molar-refractivity contribution in [3.05, 3.63) is 41.4 Å². The van der Waals surface area contributed by atoms with E-state index < -0.39 is 0 Å². The van der Waals surface area contributed by atoms with Gasteiger partial charge in [0.25, 0.3) is 0 Å². The van der Waals surface area contributed by atoms with Crippen LogP contribution in [0.1, 0.15) is 25.8 Å². The highest BCUT2D eigenvalue weighted by molar-refractivity contribution is 6.28. The summed E-state index contributed by atoms with van der Waals surface area (Å²) >= 11 is 5.96. The third-order valence-corrected chi connectivity index (χ3v) is 5.39. The monoisotopic (exact) mass is 397 g/mol. The van der Waals surface area contributed by atoms with E-state index in [9.17, 15) is 5.26 Å². The van der Waals surface area contributed by atoms with Crippen LogP contribution in [-0.4, -0.2) is 45.7 Å². The van der Waals surface area contributed by atoms with Gasteiger partial charge in [-0.2, -0.15) is 5.26 Å². The third-order valence-electron chi connectivity index (χ3n) is 5.21. The van der Waals surface area contributed by atoms with E-state index in [0.29, 0.717) is 23.9 Å². The summed E-state index contributed by atoms with van der Waals surface area (Å²) in [4.78, 5) is 10.5. The second kappa shape index (κ2) is 8.17. The standard InChI is InChI=1S/C20H20ClN5O.CH4/c1-25-7-3-4-14(25)12-27-15-5-6-16-17(11-26(2)18(16)8-15)19-13(9-22)10-23-20(21)24-19;/h5-6,8,10-11,14H,3-4,7,12H2,1-2H3;1H4. The summed E-state index contributed by atoms with van der Waals surface area (Å²) in [7, 11) is 4.11. The zero-order valence-corrected chi connectivity index (χ0v) is 16.1. The average Bonchev–Trinajstić information content (AvgIpc) is 3.23. The lowest BCUT2D eigenvalue weighted by molar-refractivity contribution is 0.198. The van der Waals surface area contributed by atoms with E-state index in [-0.39, 0.29) is 12.7 Å². The SMILES string of the molecule is C.CN1CCCC1COc1ccc2c(-c3nc(Cl)ncc3C#N)cn(C)c2c1. The van der Waals surface area contributed by atoms with Crippen LogP contribution in [-0.2, 0) is 7.05 Å². The van der Waals surface area contributed by atoms with Crippen LogP contribution in [0.2, 0.25) is 5.28 Å². The number of rotatable bonds is 4. The van der Waals surface area contributed by atoms with E-state index in [0.717, 1.165) is 28.8 Å². The first kappa shape index (κ1) is 20.1. The van der Waals surface area contributed by atoms with E-state index in [2.05, 4.69) is 28.0 Å². The minimum Gasteiger partial charge on any atom is -0.492 e. The fraction of sp³-hybridized carbons (Fsp3) is 0.381. The smallest absolute Gasteiger partial charge is 0.222 e. The van der Waals surface area contributed by atoms with Crippen LogP contribution in [0, 0.1) is 11.3 Å². The van der Waals surface area contributed by atoms with Crippen LogP contribution in [0.3, 0.4) is 0 Å². The minimum atomic E-state index is 0. The molecule has 2 aromatic heterocycles. The van der Waals surface area contributed by atoms with Gasteiger partial charge in [-0.1, -0.05) is 7.43 Å². The first-order chi connectivity index (χ1) is 13.1. The predicted molar refractivity (Wildman–Crippen MR) is 112 cm³/mol. The molecule has 3 aromatic rings. The molecule has 1 aromatic carbocycles. The molecule has 1 unspecified atom stereocenters. The maximum absolute atomic E-state index is 9.38. The number of ether oxygens (including phenoxy) is 1. The average molecular weight is 398 g/mol. The lowest BCUT2D eigenvalue weighted by Gasteiger charge is -2.19. The molecule has 0 bridgehead atoms. The number of benzene rings is 1. The van der Waals surface area contributed by atoms with E-state index in [1.54, 1.807) is 0 Å². The first-order valence-corrected chi connectivity index (χ1v) is 9.29. The Morgan fingerprint density at radius 2 is 2.18 bits per heavy atom. The number of fused-ring (bicyclic) bond motifs is 1. The largest absolute Gasteiger partial charge is 0.492 e. The van der Waals surface area contributed by atoms with Crippen LogP contribution in [0.5, 0.6) is 5.75 Å². The van der Waals surface area contributed by atoms with E-state index in [1.807, 2.05) is 36.0 Å². The Kier molecular flexibility index (Phi) is 5.87. The van der Waals surface area contributed by atoms with Crippen molar-refractivity contribution in [1.29, 1.82) is 5.26 Å². The number of likely N-dealkylation sites (tertiary alicyclic amines) is 1. The van der Waals surface area contributed by atoms with Gasteiger partial charge in [0.15, 0.2) is 0 Å². The van der Waals surface area contributed by atoms with Crippen LogP contribution in [0.4, 0.5) is 0 Å². The van der Waals surface area contributed by atoms with Crippen molar-refractivity contribution in [3.63, 3.8) is 0 Å². The van der Waals surface area contributed by atoms with Gasteiger partial charge in [-0.05, 0) is 50.2 Å². The van der Waals surface area contributed by atoms with Crippen molar-refractivity contribution in [3.8, 4) is 23.1 Å². The second-order valence-electron chi connectivity index (χ2n) is 6.93. The molecule has 1 aliphatic rings. The predicted octanol–water partition coefficient (Wildman–Crippen LogP) is 4.27. The number of nitriles is 1. The zero-order chi connectivity index (χ0) is 19.0. The normalized spacial score (nSPS) is 16.7. The Balaban J connectivity index is 0.00000225. The van der Waals surface area contributed by atoms with Crippen molar-refractivity contribution in [2.45, 2.75) is 26.3 Å². The Morgan fingerprint density at radius 3 is 2.89 bits per heavy atom. The molecule has 3 heterocycles. The first-order valence-electron chi connectivity index (χ1n) is 8.92. The van der Waals surface area contributed by atoms with Gasteiger partial charge in [0, 0.05) is 36.3 Å². The van der Waals surface area contributed by atoms with E-state index in [4.69, 9.17) is 16.3 Å². The Labute approximate surface area is 170 Å². The third kappa shape index (κ3) is 3.68. The summed E-state index contributed by atoms with van der Waals surface area (Å²) < 4.78 is 8.06. The van der Waals surface area contributed by atoms with Crippen LogP contribution in [0.25, 0.3) is 22.2 Å². The van der Waals surface area contributed by atoms with E-state index >= 15 is 0 Å². The lowest BCUT2D eigenvalue weighted by atomic mass is 10.1. The van der Waals surface area contributed by atoms with E-state index in [1.165, 1.54) is 19.0 Å². The molecule has 1 atom stereocenters. The van der Waals surface area contributed by atoms with Gasteiger partial charge >= 0.3 is 0 Å². The summed E-state index contributed by atoms with van der Waals surface area (Å²) in [5.41, 5.74) is 2.82. The molecule has 1 aliphatic heterocycles. The molecule has 1 saturated heterocycles. The summed E-state index contributed by atoms with van der Waals surface area (Å²) in [5, 5.41) is 10.5. The molecule has 0 N–H and O–H groups in total. The highest BCUT2D eigenvalue weighted by Gasteiger charge is 2.21. The molecule has 6 nitrogen and oxygen atoms in total. The highest BCUT2D eigenvalue weighted by atomic mass is 35.5. The van der Waals surface area contributed by atoms with Gasteiger partial charge in [-0.15, -0.1) is 0 Å². The molecule has 4 rings (SSSR count). The summed E-state index contributed by atoms with van der Waals surface area (Å²) in [5.74, 6) is 0.844. The van der Waals surface area contributed by atoms with Gasteiger partial charge in [0.2, 0.25) is 5.28 Å². The topological polar surface area (TPSA) is 67.0 Å². The zero-order valence-electron chi connectivity index (χ0n) is 15.3. The highest BCUT2D eigenvalue weighted by Crippen LogP contribution is 2.33. The number of likely N-dealkylation sites (N-methyl/N-ethyl adjacent to an activating group) is 1. The number of nitrogens with zero attached hydrogens (tertiary/aromatic N) is 5. The van der Waals surface area contributed by atoms with Crippen molar-refractivity contribution >= 4 is 22.5 Å². The summed E-state index contributed by atoms with van der Waals surface area (Å²) in [6, 6.07) is 8.63. The summed E-state index contributed by atoms with van der Waals surface area (Å²) in [6.07, 6.45) is 5.82. The minimum absolute atomic E-state index is 0. The van der Waals surface area contributed by atoms with Gasteiger partial charge in [-0.3, -0.25) is 0 Å². The molecular formula is C21H24ClN5O. The van der Waals surface area contributed by atoms with Crippen molar-refractivity contribution in [2.75, 3.05) is 20.2 Å². The number of hydrogen-bond acceptors (Lipinski definition) is 5. The number of aryl methyl sites for hydroxylation is 1. The quantitative estimate of drug-likeness (QED) is 0.615. The van der Waals surface area contributed by atoms with Gasteiger partial charge in [0.1, 0.15) is 18.4 Å². The molecule has 1 fully saturated rings. The molecule has 28 heavy (non-hydrogen) atoms. The molecule has 0 aliphatic carbocycles. The maximum Gasteiger partial charge on any atom is 0.222 e. The van der Waals surface area contributed by atoms with Crippen molar-refractivity contribution < 1.29 is 4.74 Å². The molecular weight excluding hydrogens is 374 g/mol. The fourth-order valence-corrected chi connectivity index (χ4v) is 3.81. The second-order valence-corrected chi connectivity index (χ2v) is 7.27. The number of aromatic nitrogens is 3. The molecule has 0 radical (unpaired) electrons. The van der Waals surface area contributed by atoms with Gasteiger partial charge in [-0.25, -0.2) is 9.97 Å². The molecule has 146 valence electrons. The maximum atomic E-state index is 9.38. The lowest BCUT2D eigenvalue weighted by Crippen LogP contribution is -2.30.